The molecular weight excluding hydrogens is 398 g/mol. The molecule has 0 unspecified atom stereocenters. The minimum Gasteiger partial charge on any atom is -0.493 e. The number of carbonyl (C=O) groups is 2. The summed E-state index contributed by atoms with van der Waals surface area (Å²) in [6, 6.07) is 12.1. The zero-order valence-corrected chi connectivity index (χ0v) is 18.0. The number of ether oxygens (including phenoxy) is 3. The maximum atomic E-state index is 12.6. The number of esters is 1. The van der Waals surface area contributed by atoms with Gasteiger partial charge in [0.25, 0.3) is 5.91 Å². The van der Waals surface area contributed by atoms with Crippen molar-refractivity contribution in [3.8, 4) is 17.2 Å². The standard InChI is InChI=1S/C23H25N3O5/c1-5-30-20-12-9-17(13-21(20)29-4)25-22(27)16-7-10-18(11-8-16)26-15(3)19(14-24-26)23(28)31-6-2/h7-14H,5-6H2,1-4H3,(H,25,27). The van der Waals surface area contributed by atoms with Gasteiger partial charge in [-0.1, -0.05) is 0 Å². The first-order valence-corrected chi connectivity index (χ1v) is 9.92. The van der Waals surface area contributed by atoms with Crippen LogP contribution in [0.4, 0.5) is 5.69 Å². The van der Waals surface area contributed by atoms with Gasteiger partial charge in [0.15, 0.2) is 11.5 Å². The molecule has 3 rings (SSSR count). The summed E-state index contributed by atoms with van der Waals surface area (Å²) < 4.78 is 17.5. The van der Waals surface area contributed by atoms with E-state index < -0.39 is 5.97 Å². The van der Waals surface area contributed by atoms with E-state index in [9.17, 15) is 9.59 Å². The van der Waals surface area contributed by atoms with Gasteiger partial charge >= 0.3 is 5.97 Å². The number of hydrogen-bond donors (Lipinski definition) is 1. The largest absolute Gasteiger partial charge is 0.493 e. The number of rotatable bonds is 8. The van der Waals surface area contributed by atoms with Crippen molar-refractivity contribution in [2.45, 2.75) is 20.8 Å². The Kier molecular flexibility index (Phi) is 6.92. The summed E-state index contributed by atoms with van der Waals surface area (Å²) >= 11 is 0. The number of anilines is 1. The van der Waals surface area contributed by atoms with E-state index in [1.165, 1.54) is 6.20 Å². The average Bonchev–Trinajstić information content (AvgIpc) is 3.16. The molecule has 0 radical (unpaired) electrons. The molecular formula is C23H25N3O5. The van der Waals surface area contributed by atoms with Gasteiger partial charge in [0, 0.05) is 17.3 Å². The number of methoxy groups -OCH3 is 1. The van der Waals surface area contributed by atoms with Crippen molar-refractivity contribution in [3.63, 3.8) is 0 Å². The summed E-state index contributed by atoms with van der Waals surface area (Å²) in [5.41, 5.74) is 2.88. The van der Waals surface area contributed by atoms with Crippen molar-refractivity contribution < 1.29 is 23.8 Å². The van der Waals surface area contributed by atoms with Crippen molar-refractivity contribution in [2.75, 3.05) is 25.6 Å². The van der Waals surface area contributed by atoms with Gasteiger partial charge in [-0.05, 0) is 57.2 Å². The Morgan fingerprint density at radius 2 is 1.77 bits per heavy atom. The van der Waals surface area contributed by atoms with Crippen LogP contribution in [0.2, 0.25) is 0 Å². The summed E-state index contributed by atoms with van der Waals surface area (Å²) in [5.74, 6) is 0.487. The lowest BCUT2D eigenvalue weighted by Gasteiger charge is -2.12. The molecule has 0 saturated carbocycles. The van der Waals surface area contributed by atoms with Crippen LogP contribution in [0, 0.1) is 6.92 Å². The molecule has 1 amide bonds. The van der Waals surface area contributed by atoms with Crippen LogP contribution in [-0.2, 0) is 4.74 Å². The smallest absolute Gasteiger partial charge is 0.341 e. The van der Waals surface area contributed by atoms with E-state index in [-0.39, 0.29) is 5.91 Å². The van der Waals surface area contributed by atoms with E-state index >= 15 is 0 Å². The quantitative estimate of drug-likeness (QED) is 0.550. The first-order chi connectivity index (χ1) is 15.0. The van der Waals surface area contributed by atoms with Gasteiger partial charge in [-0.25, -0.2) is 9.48 Å². The maximum Gasteiger partial charge on any atom is 0.341 e. The van der Waals surface area contributed by atoms with Crippen LogP contribution in [0.25, 0.3) is 5.69 Å². The second kappa shape index (κ2) is 9.80. The monoisotopic (exact) mass is 423 g/mol. The molecule has 0 aliphatic heterocycles. The molecule has 1 N–H and O–H groups in total. The number of benzene rings is 2. The lowest BCUT2D eigenvalue weighted by Crippen LogP contribution is -2.12. The Morgan fingerprint density at radius 3 is 2.42 bits per heavy atom. The Balaban J connectivity index is 1.75. The molecule has 1 heterocycles. The van der Waals surface area contributed by atoms with Crippen molar-refractivity contribution in [1.29, 1.82) is 0 Å². The highest BCUT2D eigenvalue weighted by Crippen LogP contribution is 2.30. The zero-order valence-electron chi connectivity index (χ0n) is 18.0. The van der Waals surface area contributed by atoms with Gasteiger partial charge in [0.1, 0.15) is 5.56 Å². The van der Waals surface area contributed by atoms with Crippen molar-refractivity contribution in [1.82, 2.24) is 9.78 Å². The summed E-state index contributed by atoms with van der Waals surface area (Å²) in [6.45, 7) is 6.25. The lowest BCUT2D eigenvalue weighted by molar-refractivity contribution is 0.0525. The van der Waals surface area contributed by atoms with Crippen LogP contribution < -0.4 is 14.8 Å². The van der Waals surface area contributed by atoms with Crippen LogP contribution in [0.5, 0.6) is 11.5 Å². The highest BCUT2D eigenvalue weighted by molar-refractivity contribution is 6.04. The molecule has 0 aliphatic carbocycles. The van der Waals surface area contributed by atoms with Crippen molar-refractivity contribution in [3.05, 3.63) is 65.5 Å². The van der Waals surface area contributed by atoms with Crippen molar-refractivity contribution >= 4 is 17.6 Å². The molecule has 31 heavy (non-hydrogen) atoms. The Hall–Kier alpha value is -3.81. The molecule has 0 aliphatic rings. The Labute approximate surface area is 180 Å². The van der Waals surface area contributed by atoms with Crippen LogP contribution in [0.15, 0.2) is 48.7 Å². The van der Waals surface area contributed by atoms with Gasteiger partial charge in [0.2, 0.25) is 0 Å². The maximum absolute atomic E-state index is 12.6. The fourth-order valence-electron chi connectivity index (χ4n) is 3.06. The second-order valence-corrected chi connectivity index (χ2v) is 6.58. The number of hydrogen-bond acceptors (Lipinski definition) is 6. The first-order valence-electron chi connectivity index (χ1n) is 9.92. The molecule has 0 saturated heterocycles. The molecule has 0 atom stereocenters. The normalized spacial score (nSPS) is 10.5. The second-order valence-electron chi connectivity index (χ2n) is 6.58. The van der Waals surface area contributed by atoms with Crippen LogP contribution in [0.1, 0.15) is 40.3 Å². The van der Waals surface area contributed by atoms with E-state index in [0.717, 1.165) is 5.69 Å². The first kappa shape index (κ1) is 21.9. The minimum absolute atomic E-state index is 0.262. The molecule has 2 aromatic carbocycles. The number of aromatic nitrogens is 2. The summed E-state index contributed by atoms with van der Waals surface area (Å²) in [4.78, 5) is 24.6. The van der Waals surface area contributed by atoms with E-state index in [4.69, 9.17) is 14.2 Å². The van der Waals surface area contributed by atoms with Crippen molar-refractivity contribution in [2.24, 2.45) is 0 Å². The topological polar surface area (TPSA) is 91.7 Å². The molecule has 1 aromatic heterocycles. The number of nitrogens with zero attached hydrogens (tertiary/aromatic N) is 2. The van der Waals surface area contributed by atoms with E-state index in [0.29, 0.717) is 47.2 Å². The molecule has 162 valence electrons. The number of carbonyl (C=O) groups excluding carboxylic acids is 2. The number of nitrogens with one attached hydrogen (secondary N) is 1. The van der Waals surface area contributed by atoms with Crippen LogP contribution >= 0.6 is 0 Å². The molecule has 8 heteroatoms. The lowest BCUT2D eigenvalue weighted by atomic mass is 10.1. The fraction of sp³-hybridized carbons (Fsp3) is 0.261. The molecule has 8 nitrogen and oxygen atoms in total. The predicted molar refractivity (Wildman–Crippen MR) is 116 cm³/mol. The van der Waals surface area contributed by atoms with Gasteiger partial charge < -0.3 is 19.5 Å². The van der Waals surface area contributed by atoms with Gasteiger partial charge in [-0.15, -0.1) is 0 Å². The molecule has 0 spiro atoms. The van der Waals surface area contributed by atoms with Crippen LogP contribution in [-0.4, -0.2) is 42.0 Å². The molecule has 0 bridgehead atoms. The summed E-state index contributed by atoms with van der Waals surface area (Å²) in [6.07, 6.45) is 1.48. The van der Waals surface area contributed by atoms with E-state index in [1.54, 1.807) is 68.1 Å². The van der Waals surface area contributed by atoms with Crippen LogP contribution in [0.3, 0.4) is 0 Å². The fourth-order valence-corrected chi connectivity index (χ4v) is 3.06. The van der Waals surface area contributed by atoms with E-state index in [1.807, 2.05) is 6.92 Å². The molecule has 0 fully saturated rings. The third-order valence-electron chi connectivity index (χ3n) is 4.60. The minimum atomic E-state index is -0.409. The van der Waals surface area contributed by atoms with E-state index in [2.05, 4.69) is 10.4 Å². The summed E-state index contributed by atoms with van der Waals surface area (Å²) in [7, 11) is 1.55. The predicted octanol–water partition coefficient (Wildman–Crippen LogP) is 4.02. The third-order valence-corrected chi connectivity index (χ3v) is 4.60. The zero-order chi connectivity index (χ0) is 22.4. The number of amides is 1. The molecule has 3 aromatic rings. The third kappa shape index (κ3) is 4.85. The Bertz CT molecular complexity index is 1070. The average molecular weight is 423 g/mol. The van der Waals surface area contributed by atoms with Gasteiger partial charge in [-0.3, -0.25) is 4.79 Å². The summed E-state index contributed by atoms with van der Waals surface area (Å²) in [5, 5.41) is 7.11. The van der Waals surface area contributed by atoms with Gasteiger partial charge in [0.05, 0.1) is 37.9 Å². The highest BCUT2D eigenvalue weighted by atomic mass is 16.5. The highest BCUT2D eigenvalue weighted by Gasteiger charge is 2.16. The SMILES string of the molecule is CCOC(=O)c1cnn(-c2ccc(C(=O)Nc3ccc(OCC)c(OC)c3)cc2)c1C. The van der Waals surface area contributed by atoms with Gasteiger partial charge in [-0.2, -0.15) is 5.10 Å². The Morgan fingerprint density at radius 1 is 1.03 bits per heavy atom.